The molecule has 5 heteroatoms. The molecule has 2 aliphatic rings. The summed E-state index contributed by atoms with van der Waals surface area (Å²) in [4.78, 5) is 25.5. The van der Waals surface area contributed by atoms with Crippen LogP contribution >= 0.6 is 0 Å². The van der Waals surface area contributed by atoms with Gasteiger partial charge in [-0.25, -0.2) is 4.79 Å². The molecule has 2 fully saturated rings. The molecule has 2 rings (SSSR count). The van der Waals surface area contributed by atoms with Gasteiger partial charge in [0.1, 0.15) is 6.04 Å². The summed E-state index contributed by atoms with van der Waals surface area (Å²) >= 11 is 0. The first-order chi connectivity index (χ1) is 8.13. The molecule has 17 heavy (non-hydrogen) atoms. The fraction of sp³-hybridized carbons (Fsp3) is 0.833. The highest BCUT2D eigenvalue weighted by atomic mass is 16.5. The van der Waals surface area contributed by atoms with Gasteiger partial charge in [0.05, 0.1) is 7.11 Å². The number of carbonyl (C=O) groups excluding carboxylic acids is 2. The number of carbonyl (C=O) groups is 2. The molecular formula is C12H20N2O3. The number of hydrogen-bond donors (Lipinski definition) is 1. The Hall–Kier alpha value is -1.26. The van der Waals surface area contributed by atoms with Gasteiger partial charge in [0.25, 0.3) is 0 Å². The van der Waals surface area contributed by atoms with E-state index in [9.17, 15) is 9.59 Å². The van der Waals surface area contributed by atoms with E-state index in [4.69, 9.17) is 0 Å². The van der Waals surface area contributed by atoms with E-state index in [0.717, 1.165) is 32.2 Å². The summed E-state index contributed by atoms with van der Waals surface area (Å²) in [6.07, 6.45) is 3.64. The minimum absolute atomic E-state index is 0.0582. The van der Waals surface area contributed by atoms with Crippen LogP contribution in [-0.4, -0.2) is 42.6 Å². The van der Waals surface area contributed by atoms with Crippen molar-refractivity contribution >= 4 is 12.0 Å². The zero-order chi connectivity index (χ0) is 12.4. The Balaban J connectivity index is 1.99. The molecule has 1 aliphatic carbocycles. The lowest BCUT2D eigenvalue weighted by molar-refractivity contribution is -0.134. The second kappa shape index (κ2) is 4.94. The third-order valence-corrected chi connectivity index (χ3v) is 3.65. The van der Waals surface area contributed by atoms with Crippen LogP contribution < -0.4 is 5.32 Å². The second-order valence-corrected chi connectivity index (χ2v) is 4.97. The summed E-state index contributed by atoms with van der Waals surface area (Å²) in [5.74, 6) is 0.359. The lowest BCUT2D eigenvalue weighted by Gasteiger charge is -2.27. The highest BCUT2D eigenvalue weighted by Gasteiger charge is 2.41. The van der Waals surface area contributed by atoms with Gasteiger partial charge in [-0.05, 0) is 38.5 Å². The van der Waals surface area contributed by atoms with Crippen LogP contribution in [0, 0.1) is 5.92 Å². The molecule has 1 unspecified atom stereocenters. The largest absolute Gasteiger partial charge is 0.453 e. The summed E-state index contributed by atoms with van der Waals surface area (Å²) < 4.78 is 4.58. The molecule has 0 bridgehead atoms. The Bertz CT molecular complexity index is 315. The van der Waals surface area contributed by atoms with Crippen LogP contribution in [0.5, 0.6) is 0 Å². The van der Waals surface area contributed by atoms with Gasteiger partial charge in [-0.1, -0.05) is 0 Å². The number of nitrogens with one attached hydrogen (secondary N) is 1. The summed E-state index contributed by atoms with van der Waals surface area (Å²) in [5, 5.41) is 2.67. The summed E-state index contributed by atoms with van der Waals surface area (Å²) in [7, 11) is 1.32. The van der Waals surface area contributed by atoms with Crippen molar-refractivity contribution in [2.75, 3.05) is 13.7 Å². The topological polar surface area (TPSA) is 58.6 Å². The van der Waals surface area contributed by atoms with Gasteiger partial charge in [-0.15, -0.1) is 0 Å². The predicted octanol–water partition coefficient (Wildman–Crippen LogP) is 1.13. The number of hydrogen-bond acceptors (Lipinski definition) is 3. The first-order valence-corrected chi connectivity index (χ1v) is 6.28. The van der Waals surface area contributed by atoms with E-state index in [-0.39, 0.29) is 11.9 Å². The minimum Gasteiger partial charge on any atom is -0.453 e. The standard InChI is InChI=1S/C12H20N2O3/c1-8-4-3-7-14(8)11(15)10(9-5-6-9)13-12(16)17-2/h8-10H,3-7H2,1-2H3,(H,13,16)/t8-,10?/m1/s1. The zero-order valence-corrected chi connectivity index (χ0v) is 10.4. The number of alkyl carbamates (subject to hydrolysis) is 1. The maximum Gasteiger partial charge on any atom is 0.407 e. The Morgan fingerprint density at radius 1 is 1.35 bits per heavy atom. The van der Waals surface area contributed by atoms with E-state index in [1.807, 2.05) is 4.90 Å². The summed E-state index contributed by atoms with van der Waals surface area (Å²) in [5.41, 5.74) is 0. The smallest absolute Gasteiger partial charge is 0.407 e. The van der Waals surface area contributed by atoms with Crippen LogP contribution in [-0.2, 0) is 9.53 Å². The van der Waals surface area contributed by atoms with E-state index in [2.05, 4.69) is 17.0 Å². The van der Waals surface area contributed by atoms with Gasteiger partial charge in [0, 0.05) is 12.6 Å². The van der Waals surface area contributed by atoms with Gasteiger partial charge >= 0.3 is 6.09 Å². The quantitative estimate of drug-likeness (QED) is 0.804. The number of methoxy groups -OCH3 is 1. The fourth-order valence-electron chi connectivity index (χ4n) is 2.44. The molecule has 96 valence electrons. The fourth-order valence-corrected chi connectivity index (χ4v) is 2.44. The maximum atomic E-state index is 12.3. The van der Waals surface area contributed by atoms with Crippen molar-refractivity contribution in [3.63, 3.8) is 0 Å². The maximum absolute atomic E-state index is 12.3. The van der Waals surface area contributed by atoms with E-state index in [1.54, 1.807) is 0 Å². The molecule has 1 saturated carbocycles. The van der Waals surface area contributed by atoms with Crippen LogP contribution in [0.2, 0.25) is 0 Å². The molecule has 5 nitrogen and oxygen atoms in total. The highest BCUT2D eigenvalue weighted by Crippen LogP contribution is 2.34. The number of nitrogens with zero attached hydrogens (tertiary/aromatic N) is 1. The van der Waals surface area contributed by atoms with E-state index >= 15 is 0 Å². The second-order valence-electron chi connectivity index (χ2n) is 4.97. The zero-order valence-electron chi connectivity index (χ0n) is 10.4. The van der Waals surface area contributed by atoms with Crippen LogP contribution in [0.1, 0.15) is 32.6 Å². The lowest BCUT2D eigenvalue weighted by Crippen LogP contribution is -2.50. The molecule has 0 aromatic carbocycles. The first kappa shape index (κ1) is 12.2. The Morgan fingerprint density at radius 3 is 2.53 bits per heavy atom. The predicted molar refractivity (Wildman–Crippen MR) is 62.5 cm³/mol. The SMILES string of the molecule is COC(=O)NC(C(=O)N1CCC[C@H]1C)C1CC1. The molecule has 2 atom stereocenters. The van der Waals surface area contributed by atoms with Crippen molar-refractivity contribution in [2.45, 2.75) is 44.7 Å². The van der Waals surface area contributed by atoms with Crippen molar-refractivity contribution < 1.29 is 14.3 Å². The Morgan fingerprint density at radius 2 is 2.06 bits per heavy atom. The van der Waals surface area contributed by atoms with E-state index < -0.39 is 6.09 Å². The first-order valence-electron chi connectivity index (χ1n) is 6.28. The highest BCUT2D eigenvalue weighted by molar-refractivity contribution is 5.86. The molecule has 0 aromatic heterocycles. The average molecular weight is 240 g/mol. The minimum atomic E-state index is -0.512. The molecule has 1 N–H and O–H groups in total. The van der Waals surface area contributed by atoms with Crippen LogP contribution in [0.3, 0.4) is 0 Å². The molecule has 0 radical (unpaired) electrons. The molecule has 1 aliphatic heterocycles. The third kappa shape index (κ3) is 2.70. The van der Waals surface area contributed by atoms with Crippen molar-refractivity contribution in [3.05, 3.63) is 0 Å². The lowest BCUT2D eigenvalue weighted by atomic mass is 10.1. The number of likely N-dealkylation sites (tertiary alicyclic amines) is 1. The average Bonchev–Trinajstić information content (AvgIpc) is 3.07. The third-order valence-electron chi connectivity index (χ3n) is 3.65. The van der Waals surface area contributed by atoms with Crippen LogP contribution in [0.15, 0.2) is 0 Å². The molecule has 0 aromatic rings. The van der Waals surface area contributed by atoms with Gasteiger partial charge in [0.15, 0.2) is 0 Å². The molecule has 2 amide bonds. The van der Waals surface area contributed by atoms with Crippen molar-refractivity contribution in [1.29, 1.82) is 0 Å². The molecule has 1 saturated heterocycles. The Kier molecular flexibility index (Phi) is 3.54. The molecule has 0 spiro atoms. The monoisotopic (exact) mass is 240 g/mol. The van der Waals surface area contributed by atoms with Gasteiger partial charge in [0.2, 0.25) is 5.91 Å². The van der Waals surface area contributed by atoms with Crippen LogP contribution in [0.4, 0.5) is 4.79 Å². The number of amides is 2. The molecular weight excluding hydrogens is 220 g/mol. The van der Waals surface area contributed by atoms with Gasteiger partial charge < -0.3 is 15.0 Å². The summed E-state index contributed by atoms with van der Waals surface area (Å²) in [6, 6.07) is -0.0915. The van der Waals surface area contributed by atoms with Crippen molar-refractivity contribution in [2.24, 2.45) is 5.92 Å². The van der Waals surface area contributed by atoms with E-state index in [0.29, 0.717) is 12.0 Å². The van der Waals surface area contributed by atoms with Gasteiger partial charge in [-0.2, -0.15) is 0 Å². The number of rotatable bonds is 3. The Labute approximate surface area is 101 Å². The normalized spacial score (nSPS) is 25.5. The summed E-state index contributed by atoms with van der Waals surface area (Å²) in [6.45, 7) is 2.87. The number of ether oxygens (including phenoxy) is 1. The molecule has 1 heterocycles. The van der Waals surface area contributed by atoms with Gasteiger partial charge in [-0.3, -0.25) is 4.79 Å². The van der Waals surface area contributed by atoms with Crippen molar-refractivity contribution in [3.8, 4) is 0 Å². The van der Waals surface area contributed by atoms with E-state index in [1.165, 1.54) is 7.11 Å². The van der Waals surface area contributed by atoms with Crippen LogP contribution in [0.25, 0.3) is 0 Å². The van der Waals surface area contributed by atoms with Crippen molar-refractivity contribution in [1.82, 2.24) is 10.2 Å².